The molecule has 26 heteroatoms. The van der Waals surface area contributed by atoms with Crippen LogP contribution >= 0.6 is 0 Å². The van der Waals surface area contributed by atoms with Crippen molar-refractivity contribution in [3.05, 3.63) is 225 Å². The van der Waals surface area contributed by atoms with E-state index in [1.165, 1.54) is 48.5 Å². The van der Waals surface area contributed by atoms with Gasteiger partial charge in [-0.2, -0.15) is 0 Å². The van der Waals surface area contributed by atoms with Gasteiger partial charge in [-0.05, 0) is 141 Å². The predicted octanol–water partition coefficient (Wildman–Crippen LogP) is 10.1. The van der Waals surface area contributed by atoms with E-state index in [0.29, 0.717) is 104 Å². The number of rotatable bonds is 12. The largest absolute Gasteiger partial charge is 0.493 e. The number of nitro benzene ring substituents is 4. The second-order valence-corrected chi connectivity index (χ2v) is 24.3. The second kappa shape index (κ2) is 27.4. The first-order chi connectivity index (χ1) is 43.5. The number of hydrogen-bond donors (Lipinski definition) is 0. The highest BCUT2D eigenvalue weighted by Crippen LogP contribution is 2.42. The van der Waals surface area contributed by atoms with Gasteiger partial charge in [-0.15, -0.1) is 0 Å². The minimum Gasteiger partial charge on any atom is -0.407 e. The van der Waals surface area contributed by atoms with Gasteiger partial charge in [-0.1, -0.05) is 76.2 Å². The van der Waals surface area contributed by atoms with Crippen LogP contribution in [0.15, 0.2) is 151 Å². The summed E-state index contributed by atoms with van der Waals surface area (Å²) < 4.78 is 66.7. The number of non-ortho nitro benzene ring substituents is 4. The van der Waals surface area contributed by atoms with Crippen molar-refractivity contribution in [1.82, 2.24) is 0 Å². The predicted molar refractivity (Wildman–Crippen MR) is 339 cm³/mol. The first-order valence-electron chi connectivity index (χ1n) is 30.3. The van der Waals surface area contributed by atoms with E-state index in [1.54, 1.807) is 48.5 Å². The van der Waals surface area contributed by atoms with E-state index < -0.39 is 69.8 Å². The van der Waals surface area contributed by atoms with Gasteiger partial charge in [0.1, 0.15) is 0 Å². The van der Waals surface area contributed by atoms with Gasteiger partial charge in [-0.3, -0.25) is 40.5 Å². The molecule has 0 aliphatic carbocycles. The maximum absolute atomic E-state index is 11.9. The van der Waals surface area contributed by atoms with Crippen LogP contribution in [0.5, 0.6) is 0 Å². The monoisotopic (exact) mass is 1220 g/mol. The Bertz CT molecular complexity index is 3370. The highest BCUT2D eigenvalue weighted by atomic mass is 16.7. The van der Waals surface area contributed by atoms with Gasteiger partial charge in [0, 0.05) is 123 Å². The minimum atomic E-state index is -1.06. The third-order valence-electron chi connectivity index (χ3n) is 18.4. The molecule has 13 heterocycles. The summed E-state index contributed by atoms with van der Waals surface area (Å²) in [5, 5.41) is 48.0. The van der Waals surface area contributed by atoms with E-state index >= 15 is 0 Å². The molecular formula is C64H68B4N4O18. The van der Waals surface area contributed by atoms with Gasteiger partial charge in [-0.25, -0.2) is 0 Å². The molecular weight excluding hydrogens is 1160 g/mol. The second-order valence-electron chi connectivity index (χ2n) is 24.3. The molecule has 13 aliphatic rings. The summed E-state index contributed by atoms with van der Waals surface area (Å²) in [7, 11) is -3.55. The molecule has 12 bridgehead atoms. The zero-order valence-electron chi connectivity index (χ0n) is 50.6. The van der Waals surface area contributed by atoms with Crippen molar-refractivity contribution in [2.24, 2.45) is 21.7 Å². The highest BCUT2D eigenvalue weighted by molar-refractivity contribution is 6.79. The topological polar surface area (TPSA) is 265 Å². The van der Waals surface area contributed by atoms with Crippen LogP contribution in [0, 0.1) is 62.1 Å². The van der Waals surface area contributed by atoms with Gasteiger partial charge in [0.25, 0.3) is 22.7 Å². The van der Waals surface area contributed by atoms with Crippen molar-refractivity contribution in [3.8, 4) is 0 Å². The van der Waals surface area contributed by atoms with E-state index in [4.69, 9.17) is 46.7 Å². The number of ether oxygens (including phenoxy) is 2. The lowest BCUT2D eigenvalue weighted by molar-refractivity contribution is -0.385. The molecule has 0 amide bonds. The third-order valence-corrected chi connectivity index (χ3v) is 18.4. The Kier molecular flexibility index (Phi) is 19.4. The fraction of sp³-hybridized carbons (Fsp3) is 0.375. The molecule has 0 unspecified atom stereocenters. The SMILES string of the molecule is CCC12COCC3(CC)COB(OC3)c3ccc(cc3)C(=C(c3ccc([N+](=O)[O-])cc3)c3ccc([N+](=O)[O-])cc3)c3ccc(cc3)B3OCC(CC)(COCC4(CC)COB(OC4)C(=C(c4ccc([N+](=O)[O-])cc4)c4ccc([N+](=O)[O-])cc4)B(OC1)OC2)CO3. The Morgan fingerprint density at radius 2 is 0.567 bits per heavy atom. The van der Waals surface area contributed by atoms with Crippen molar-refractivity contribution in [3.63, 3.8) is 0 Å². The van der Waals surface area contributed by atoms with E-state index in [2.05, 4.69) is 13.8 Å². The normalized spacial score (nSPS) is 23.4. The first-order valence-corrected chi connectivity index (χ1v) is 30.3. The molecule has 0 atom stereocenters. The van der Waals surface area contributed by atoms with Crippen LogP contribution in [0.1, 0.15) is 86.8 Å². The lowest BCUT2D eigenvalue weighted by Crippen LogP contribution is -2.54. The minimum absolute atomic E-state index is 0.0889. The molecule has 6 aromatic carbocycles. The molecule has 0 saturated carbocycles. The Morgan fingerprint density at radius 1 is 0.333 bits per heavy atom. The Morgan fingerprint density at radius 3 is 0.800 bits per heavy atom. The molecule has 0 aromatic heterocycles. The van der Waals surface area contributed by atoms with Gasteiger partial charge < -0.3 is 46.7 Å². The molecule has 464 valence electrons. The average Bonchev–Trinajstić information content (AvgIpc) is 1.32. The molecule has 0 N–H and O–H groups in total. The van der Waals surface area contributed by atoms with Gasteiger partial charge >= 0.3 is 28.5 Å². The van der Waals surface area contributed by atoms with Crippen LogP contribution in [-0.4, -0.2) is 127 Å². The molecule has 0 spiro atoms. The number of nitro groups is 4. The smallest absolute Gasteiger partial charge is 0.407 e. The van der Waals surface area contributed by atoms with Crippen molar-refractivity contribution in [2.45, 2.75) is 53.4 Å². The van der Waals surface area contributed by atoms with E-state index in [9.17, 15) is 40.5 Å². The van der Waals surface area contributed by atoms with Gasteiger partial charge in [0.05, 0.1) is 46.1 Å². The van der Waals surface area contributed by atoms with E-state index in [0.717, 1.165) is 27.6 Å². The van der Waals surface area contributed by atoms with Gasteiger partial charge in [0.15, 0.2) is 0 Å². The molecule has 6 aromatic rings. The van der Waals surface area contributed by atoms with Crippen LogP contribution in [0.25, 0.3) is 16.7 Å². The van der Waals surface area contributed by atoms with Crippen LogP contribution in [0.3, 0.4) is 0 Å². The zero-order chi connectivity index (χ0) is 63.2. The summed E-state index contributed by atoms with van der Waals surface area (Å²) in [6.45, 7) is 11.5. The fourth-order valence-corrected chi connectivity index (χ4v) is 12.0. The molecule has 4 saturated heterocycles. The third kappa shape index (κ3) is 13.6. The fourth-order valence-electron chi connectivity index (χ4n) is 12.0. The van der Waals surface area contributed by atoms with Crippen molar-refractivity contribution >= 4 is 78.9 Å². The number of benzene rings is 6. The standard InChI is InChI=1S/C64H68B4N4O18/c1-5-61-33-81-35-63(7-3)41-87-67(88-42-63)60(59(49-17-29-55(30-18-49)71(77)78)50-19-31-56(32-20-50)72(79)80)68-89-43-64(8-4,44-90-68)36-82-34-62(6-2)39-85-66(86-40-62)52-23-11-46(12-24-52)57(45-9-21-51(22-10-45)65(83-37-61)84-38-61)58(47-13-25-53(26-14-47)69(73)74)48-15-27-54(28-16-48)70(75)76/h9-32H,5-8,33-44H2,1-4H3. The summed E-state index contributed by atoms with van der Waals surface area (Å²) >= 11 is 0. The molecule has 90 heavy (non-hydrogen) atoms. The van der Waals surface area contributed by atoms with Crippen molar-refractivity contribution < 1.29 is 66.4 Å². The highest BCUT2D eigenvalue weighted by Gasteiger charge is 2.50. The Balaban J connectivity index is 0.939. The van der Waals surface area contributed by atoms with Crippen LogP contribution in [-0.2, 0) is 46.7 Å². The van der Waals surface area contributed by atoms with Gasteiger partial charge in [0.2, 0.25) is 0 Å². The molecule has 22 nitrogen and oxygen atoms in total. The Hall–Kier alpha value is -7.74. The molecule has 0 radical (unpaired) electrons. The van der Waals surface area contributed by atoms with E-state index in [-0.39, 0.29) is 62.4 Å². The van der Waals surface area contributed by atoms with Crippen molar-refractivity contribution in [1.29, 1.82) is 0 Å². The number of fused-ring (bicyclic) bond motifs is 2. The van der Waals surface area contributed by atoms with Crippen LogP contribution in [0.4, 0.5) is 22.7 Å². The lowest BCUT2D eigenvalue weighted by Gasteiger charge is -2.43. The first kappa shape index (κ1) is 63.8. The van der Waals surface area contributed by atoms with Crippen LogP contribution < -0.4 is 10.9 Å². The van der Waals surface area contributed by atoms with E-state index in [1.807, 2.05) is 62.4 Å². The Labute approximate surface area is 522 Å². The summed E-state index contributed by atoms with van der Waals surface area (Å²) in [5.74, 6) is 0. The quantitative estimate of drug-likeness (QED) is 0.0626. The summed E-state index contributed by atoms with van der Waals surface area (Å²) in [6.07, 6.45) is 2.61. The molecule has 4 fully saturated rings. The number of nitrogens with zero attached hydrogens (tertiary/aromatic N) is 4. The maximum atomic E-state index is 11.9. The maximum Gasteiger partial charge on any atom is 0.493 e. The lowest BCUT2D eigenvalue weighted by atomic mass is 9.52. The summed E-state index contributed by atoms with van der Waals surface area (Å²) in [4.78, 5) is 45.7. The van der Waals surface area contributed by atoms with Crippen LogP contribution in [0.2, 0.25) is 0 Å². The van der Waals surface area contributed by atoms with Crippen molar-refractivity contribution in [2.75, 3.05) is 79.3 Å². The number of hydrogen-bond acceptors (Lipinski definition) is 18. The molecule has 19 rings (SSSR count). The summed E-state index contributed by atoms with van der Waals surface area (Å²) in [5.41, 5.74) is 4.75. The molecule has 13 aliphatic heterocycles. The average molecular weight is 1220 g/mol. The zero-order valence-corrected chi connectivity index (χ0v) is 50.6. The summed E-state index contributed by atoms with van der Waals surface area (Å²) in [6, 6.07) is 40.2.